The van der Waals surface area contributed by atoms with E-state index in [1.54, 1.807) is 0 Å². The number of rotatable bonds is 18. The zero-order valence-corrected chi connectivity index (χ0v) is 32.5. The Labute approximate surface area is 309 Å². The van der Waals surface area contributed by atoms with Crippen LogP contribution in [-0.4, -0.2) is 65.7 Å². The van der Waals surface area contributed by atoms with Gasteiger partial charge in [0.25, 0.3) is 0 Å². The Morgan fingerprint density at radius 3 is 1.23 bits per heavy atom. The summed E-state index contributed by atoms with van der Waals surface area (Å²) in [6.07, 6.45) is 6.18. The van der Waals surface area contributed by atoms with E-state index in [0.717, 1.165) is 67.5 Å². The number of hydrogen-bond donors (Lipinski definition) is 4. The predicted molar refractivity (Wildman–Crippen MR) is 201 cm³/mol. The maximum absolute atomic E-state index is 14.6. The number of hydrogen-bond acceptors (Lipinski definition) is 5. The Bertz CT molecular complexity index is 1330. The van der Waals surface area contributed by atoms with Crippen molar-refractivity contribution in [3.63, 3.8) is 0 Å². The van der Waals surface area contributed by atoms with E-state index in [-0.39, 0.29) is 37.9 Å². The van der Waals surface area contributed by atoms with Gasteiger partial charge in [-0.25, -0.2) is 4.79 Å². The third-order valence-corrected chi connectivity index (χ3v) is 9.63. The number of urea groups is 1. The molecule has 47 heavy (non-hydrogen) atoms. The van der Waals surface area contributed by atoms with Crippen LogP contribution < -0.4 is 22.9 Å². The number of unbranched alkanes of at least 4 members (excludes halogenated alkanes) is 6. The second-order valence-corrected chi connectivity index (χ2v) is 15.3. The van der Waals surface area contributed by atoms with Crippen LogP contribution in [0.2, 0.25) is 0 Å². The van der Waals surface area contributed by atoms with E-state index in [1.165, 1.54) is 9.80 Å². The first kappa shape index (κ1) is 39.0. The average molecular weight is 906 g/mol. The van der Waals surface area contributed by atoms with Gasteiger partial charge in [-0.05, 0) is 86.1 Å². The van der Waals surface area contributed by atoms with Crippen LogP contribution in [0.4, 0.5) is 4.79 Å². The molecule has 0 unspecified atom stereocenters. The van der Waals surface area contributed by atoms with Crippen LogP contribution in [0.1, 0.15) is 62.5 Å². The van der Waals surface area contributed by atoms with E-state index in [1.807, 2.05) is 36.4 Å². The van der Waals surface area contributed by atoms with Crippen LogP contribution in [-0.2, 0) is 22.4 Å². The number of halogens is 4. The third-order valence-electron chi connectivity index (χ3n) is 7.80. The summed E-state index contributed by atoms with van der Waals surface area (Å²) in [5.74, 6) is -0.846. The fourth-order valence-corrected chi connectivity index (χ4v) is 8.47. The second-order valence-electron chi connectivity index (χ2n) is 11.6. The second kappa shape index (κ2) is 18.9. The number of carbonyl (C=O) groups is 3. The molecule has 15 heteroatoms. The number of imide groups is 2. The van der Waals surface area contributed by atoms with E-state index < -0.39 is 23.3 Å². The predicted octanol–water partition coefficient (Wildman–Crippen LogP) is 5.97. The van der Waals surface area contributed by atoms with E-state index in [0.29, 0.717) is 25.9 Å². The van der Waals surface area contributed by atoms with Crippen LogP contribution in [0.15, 0.2) is 64.3 Å². The lowest BCUT2D eigenvalue weighted by atomic mass is 9.72. The lowest BCUT2D eigenvalue weighted by Crippen LogP contribution is -2.66. The molecule has 2 aromatic carbocycles. The minimum atomic E-state index is -1.55. The van der Waals surface area contributed by atoms with Crippen LogP contribution in [0.3, 0.4) is 0 Å². The summed E-state index contributed by atoms with van der Waals surface area (Å²) >= 11 is 14.2. The highest BCUT2D eigenvalue weighted by Gasteiger charge is 2.57. The first-order valence-corrected chi connectivity index (χ1v) is 18.7. The quantitative estimate of drug-likeness (QED) is 0.0615. The van der Waals surface area contributed by atoms with E-state index in [9.17, 15) is 14.4 Å². The zero-order chi connectivity index (χ0) is 34.6. The van der Waals surface area contributed by atoms with Crippen LogP contribution >= 0.6 is 63.7 Å². The Morgan fingerprint density at radius 2 is 0.894 bits per heavy atom. The number of amides is 4. The molecule has 1 aliphatic heterocycles. The van der Waals surface area contributed by atoms with Gasteiger partial charge in [0.05, 0.1) is 0 Å². The molecule has 3 rings (SSSR count). The van der Waals surface area contributed by atoms with E-state index in [4.69, 9.17) is 22.9 Å². The highest BCUT2D eigenvalue weighted by molar-refractivity contribution is 9.11. The van der Waals surface area contributed by atoms with Gasteiger partial charge in [0.15, 0.2) is 11.9 Å². The number of barbiturate groups is 1. The van der Waals surface area contributed by atoms with Crippen molar-refractivity contribution in [2.75, 3.05) is 26.2 Å². The molecule has 0 spiro atoms. The van der Waals surface area contributed by atoms with Gasteiger partial charge >= 0.3 is 6.03 Å². The summed E-state index contributed by atoms with van der Waals surface area (Å²) in [6, 6.07) is 10.8. The van der Waals surface area contributed by atoms with Crippen molar-refractivity contribution in [2.24, 2.45) is 38.3 Å². The standard InChI is InChI=1S/C32H42Br4N8O3/c33-23-13-21(14-24(34)17-23)19-32(20-22-15-25(35)18-26(36)16-22)27(45)43(11-7-3-1-5-9-41-29(37)38)31(47)44(28(32)46)12-8-4-2-6-10-42-30(39)40/h13-18H,1-12,19-20H2,(H4,37,38,41)(H4,39,40,42). The Kier molecular flexibility index (Phi) is 15.7. The SMILES string of the molecule is NC(N)=NCCCCCCN1C(=O)N(CCCCCCN=C(N)N)C(=O)C(Cc2cc(Br)cc(Br)c2)(Cc2cc(Br)cc(Br)c2)C1=O. The fraction of sp³-hybridized carbons (Fsp3) is 0.469. The number of carbonyl (C=O) groups excluding carboxylic acids is 3. The lowest BCUT2D eigenvalue weighted by molar-refractivity contribution is -0.159. The molecule has 0 aromatic heterocycles. The van der Waals surface area contributed by atoms with Gasteiger partial charge < -0.3 is 22.9 Å². The molecular formula is C32H42Br4N8O3. The number of aliphatic imine (C=N–C) groups is 2. The molecule has 1 aliphatic rings. The summed E-state index contributed by atoms with van der Waals surface area (Å²) in [4.78, 5) is 53.8. The van der Waals surface area contributed by atoms with E-state index >= 15 is 0 Å². The topological polar surface area (TPSA) is 186 Å². The number of guanidine groups is 2. The molecular weight excluding hydrogens is 864 g/mol. The summed E-state index contributed by atoms with van der Waals surface area (Å²) in [5, 5.41) is 0. The smallest absolute Gasteiger partial charge is 0.333 e. The normalized spacial score (nSPS) is 14.4. The van der Waals surface area contributed by atoms with Crippen LogP contribution in [0.5, 0.6) is 0 Å². The molecule has 256 valence electrons. The van der Waals surface area contributed by atoms with Gasteiger partial charge in [0, 0.05) is 44.1 Å². The van der Waals surface area contributed by atoms with Gasteiger partial charge in [-0.2, -0.15) is 0 Å². The molecule has 11 nitrogen and oxygen atoms in total. The van der Waals surface area contributed by atoms with Crippen LogP contribution in [0, 0.1) is 5.41 Å². The summed E-state index contributed by atoms with van der Waals surface area (Å²) in [7, 11) is 0. The van der Waals surface area contributed by atoms with Crippen molar-refractivity contribution < 1.29 is 14.4 Å². The molecule has 0 radical (unpaired) electrons. The maximum atomic E-state index is 14.6. The van der Waals surface area contributed by atoms with Gasteiger partial charge in [-0.15, -0.1) is 0 Å². The Hall–Kier alpha value is -2.49. The molecule has 4 amide bonds. The molecule has 1 heterocycles. The van der Waals surface area contributed by atoms with Gasteiger partial charge in [-0.1, -0.05) is 89.4 Å². The zero-order valence-electron chi connectivity index (χ0n) is 26.2. The molecule has 0 saturated carbocycles. The molecule has 2 aromatic rings. The Morgan fingerprint density at radius 1 is 0.553 bits per heavy atom. The van der Waals surface area contributed by atoms with Crippen molar-refractivity contribution in [2.45, 2.75) is 64.2 Å². The molecule has 1 fully saturated rings. The van der Waals surface area contributed by atoms with Crippen molar-refractivity contribution in [3.05, 3.63) is 65.4 Å². The summed E-state index contributed by atoms with van der Waals surface area (Å²) in [6.45, 7) is 1.44. The number of nitrogens with two attached hydrogens (primary N) is 4. The number of nitrogens with zero attached hydrogens (tertiary/aromatic N) is 4. The van der Waals surface area contributed by atoms with Gasteiger partial charge in [0.1, 0.15) is 5.41 Å². The minimum absolute atomic E-state index is 0.0549. The number of benzene rings is 2. The largest absolute Gasteiger partial charge is 0.370 e. The first-order chi connectivity index (χ1) is 22.3. The maximum Gasteiger partial charge on any atom is 0.333 e. The van der Waals surface area contributed by atoms with Crippen LogP contribution in [0.25, 0.3) is 0 Å². The molecule has 0 bridgehead atoms. The lowest BCUT2D eigenvalue weighted by Gasteiger charge is -2.44. The first-order valence-electron chi connectivity index (χ1n) is 15.5. The monoisotopic (exact) mass is 902 g/mol. The van der Waals surface area contributed by atoms with Gasteiger partial charge in [0.2, 0.25) is 11.8 Å². The fourth-order valence-electron chi connectivity index (χ4n) is 5.70. The van der Waals surface area contributed by atoms with Crippen molar-refractivity contribution in [1.29, 1.82) is 0 Å². The van der Waals surface area contributed by atoms with Crippen molar-refractivity contribution in [3.8, 4) is 0 Å². The summed E-state index contributed by atoms with van der Waals surface area (Å²) < 4.78 is 3.24. The molecule has 1 saturated heterocycles. The molecule has 8 N–H and O–H groups in total. The molecule has 0 aliphatic carbocycles. The Balaban J connectivity index is 1.95. The van der Waals surface area contributed by atoms with Crippen molar-refractivity contribution in [1.82, 2.24) is 9.80 Å². The van der Waals surface area contributed by atoms with Crippen molar-refractivity contribution >= 4 is 93.5 Å². The molecule has 0 atom stereocenters. The van der Waals surface area contributed by atoms with E-state index in [2.05, 4.69) is 73.7 Å². The highest BCUT2D eigenvalue weighted by atomic mass is 79.9. The summed E-state index contributed by atoms with van der Waals surface area (Å²) in [5.41, 5.74) is 21.7. The van der Waals surface area contributed by atoms with Gasteiger partial charge in [-0.3, -0.25) is 29.4 Å². The highest BCUT2D eigenvalue weighted by Crippen LogP contribution is 2.39. The minimum Gasteiger partial charge on any atom is -0.370 e. The third kappa shape index (κ3) is 11.9. The average Bonchev–Trinajstić information content (AvgIpc) is 2.96.